The zero-order valence-corrected chi connectivity index (χ0v) is 19.3. The predicted molar refractivity (Wildman–Crippen MR) is 136 cm³/mol. The molecule has 0 radical (unpaired) electrons. The van der Waals surface area contributed by atoms with Crippen molar-refractivity contribution in [3.63, 3.8) is 0 Å². The van der Waals surface area contributed by atoms with Crippen LogP contribution in [0.25, 0.3) is 0 Å². The van der Waals surface area contributed by atoms with Crippen LogP contribution < -0.4 is 16.4 Å². The van der Waals surface area contributed by atoms with E-state index in [2.05, 4.69) is 31.6 Å². The van der Waals surface area contributed by atoms with Gasteiger partial charge in [0, 0.05) is 49.8 Å². The van der Waals surface area contributed by atoms with Crippen LogP contribution in [0.1, 0.15) is 35.4 Å². The molecular formula is C27H31N7. The summed E-state index contributed by atoms with van der Waals surface area (Å²) in [6.45, 7) is 4.82. The van der Waals surface area contributed by atoms with Crippen molar-refractivity contribution in [2.45, 2.75) is 25.3 Å². The standard InChI is InChI=1S/C27H31N7/c28-24-15-30-14-23(19-6-7-19)26(24)27(34-16-20-12-29-13-21(20)17-34)32-11-18-8-9-31-25(10-18)33-22-4-2-1-3-5-22/h1-5,8-10,14-15,19-21,29H,6-7,11-13,16-17,28H2,(H,31,33)/b32-27+. The molecule has 0 spiro atoms. The van der Waals surface area contributed by atoms with Crippen LogP contribution in [-0.4, -0.2) is 46.9 Å². The quantitative estimate of drug-likeness (QED) is 0.389. The second kappa shape index (κ2) is 9.06. The van der Waals surface area contributed by atoms with Gasteiger partial charge in [0.1, 0.15) is 11.7 Å². The minimum atomic E-state index is 0.558. The van der Waals surface area contributed by atoms with Gasteiger partial charge in [-0.05, 0) is 66.0 Å². The summed E-state index contributed by atoms with van der Waals surface area (Å²) >= 11 is 0. The fourth-order valence-electron chi connectivity index (χ4n) is 5.30. The Morgan fingerprint density at radius 3 is 2.65 bits per heavy atom. The Kier molecular flexibility index (Phi) is 5.63. The number of para-hydroxylation sites is 1. The van der Waals surface area contributed by atoms with Crippen LogP contribution in [0.3, 0.4) is 0 Å². The molecule has 0 bridgehead atoms. The Morgan fingerprint density at radius 2 is 1.88 bits per heavy atom. The number of nitrogens with zero attached hydrogens (tertiary/aromatic N) is 4. The summed E-state index contributed by atoms with van der Waals surface area (Å²) < 4.78 is 0. The molecule has 7 nitrogen and oxygen atoms in total. The van der Waals surface area contributed by atoms with E-state index in [1.807, 2.05) is 48.8 Å². The average molecular weight is 454 g/mol. The molecule has 1 aromatic carbocycles. The molecule has 174 valence electrons. The van der Waals surface area contributed by atoms with Crippen LogP contribution in [0, 0.1) is 11.8 Å². The molecule has 2 aliphatic heterocycles. The number of aliphatic imine (C=N–C) groups is 1. The molecule has 34 heavy (non-hydrogen) atoms. The fourth-order valence-corrected chi connectivity index (χ4v) is 5.30. The van der Waals surface area contributed by atoms with Gasteiger partial charge in [0.2, 0.25) is 0 Å². The number of fused-ring (bicyclic) bond motifs is 1. The van der Waals surface area contributed by atoms with Crippen molar-refractivity contribution in [2.24, 2.45) is 16.8 Å². The van der Waals surface area contributed by atoms with Crippen molar-refractivity contribution in [3.8, 4) is 0 Å². The van der Waals surface area contributed by atoms with Gasteiger partial charge in [0.05, 0.1) is 18.4 Å². The molecule has 2 unspecified atom stereocenters. The number of amidine groups is 1. The second-order valence-corrected chi connectivity index (χ2v) is 9.73. The van der Waals surface area contributed by atoms with Gasteiger partial charge in [0.15, 0.2) is 0 Å². The highest BCUT2D eigenvalue weighted by molar-refractivity contribution is 6.04. The van der Waals surface area contributed by atoms with E-state index in [-0.39, 0.29) is 0 Å². The summed E-state index contributed by atoms with van der Waals surface area (Å²) in [5, 5.41) is 6.93. The number of rotatable bonds is 6. The van der Waals surface area contributed by atoms with E-state index in [1.54, 1.807) is 6.20 Å². The lowest BCUT2D eigenvalue weighted by Gasteiger charge is -2.25. The van der Waals surface area contributed by atoms with E-state index >= 15 is 0 Å². The van der Waals surface area contributed by atoms with Crippen molar-refractivity contribution in [2.75, 3.05) is 37.2 Å². The Bertz CT molecular complexity index is 1180. The third-order valence-electron chi connectivity index (χ3n) is 7.22. The number of hydrogen-bond donors (Lipinski definition) is 3. The summed E-state index contributed by atoms with van der Waals surface area (Å²) in [5.41, 5.74) is 11.8. The summed E-state index contributed by atoms with van der Waals surface area (Å²) in [6, 6.07) is 14.2. The number of anilines is 3. The van der Waals surface area contributed by atoms with Crippen molar-refractivity contribution >= 4 is 23.0 Å². The van der Waals surface area contributed by atoms with Gasteiger partial charge in [0.25, 0.3) is 0 Å². The maximum atomic E-state index is 6.55. The molecule has 2 atom stereocenters. The largest absolute Gasteiger partial charge is 0.397 e. The highest BCUT2D eigenvalue weighted by Gasteiger charge is 2.39. The summed E-state index contributed by atoms with van der Waals surface area (Å²) in [6.07, 6.45) is 8.05. The van der Waals surface area contributed by atoms with E-state index in [0.717, 1.165) is 60.3 Å². The molecule has 2 aromatic heterocycles. The Balaban J connectivity index is 1.31. The van der Waals surface area contributed by atoms with Crippen LogP contribution in [0.15, 0.2) is 66.0 Å². The number of nitrogens with one attached hydrogen (secondary N) is 2. The number of pyridine rings is 2. The average Bonchev–Trinajstić information content (AvgIpc) is 3.48. The minimum Gasteiger partial charge on any atom is -0.397 e. The molecule has 3 aromatic rings. The van der Waals surface area contributed by atoms with Gasteiger partial charge in [-0.25, -0.2) is 4.98 Å². The van der Waals surface area contributed by atoms with E-state index in [4.69, 9.17) is 10.7 Å². The first kappa shape index (κ1) is 21.1. The van der Waals surface area contributed by atoms with Gasteiger partial charge >= 0.3 is 0 Å². The van der Waals surface area contributed by atoms with Crippen molar-refractivity contribution in [3.05, 3.63) is 77.7 Å². The molecule has 1 aliphatic carbocycles. The molecule has 6 rings (SSSR count). The van der Waals surface area contributed by atoms with Crippen molar-refractivity contribution in [1.82, 2.24) is 20.2 Å². The Hall–Kier alpha value is -3.45. The van der Waals surface area contributed by atoms with Gasteiger partial charge in [-0.3, -0.25) is 9.98 Å². The molecule has 7 heteroatoms. The van der Waals surface area contributed by atoms with E-state index in [1.165, 1.54) is 18.4 Å². The Morgan fingerprint density at radius 1 is 1.09 bits per heavy atom. The molecule has 0 amide bonds. The molecular weight excluding hydrogens is 422 g/mol. The molecule has 3 fully saturated rings. The van der Waals surface area contributed by atoms with Crippen molar-refractivity contribution in [1.29, 1.82) is 0 Å². The topological polar surface area (TPSA) is 91.5 Å². The van der Waals surface area contributed by atoms with Crippen LogP contribution in [0.2, 0.25) is 0 Å². The van der Waals surface area contributed by atoms with E-state index in [0.29, 0.717) is 24.3 Å². The monoisotopic (exact) mass is 453 g/mol. The number of likely N-dealkylation sites (tertiary alicyclic amines) is 1. The first-order valence-electron chi connectivity index (χ1n) is 12.3. The van der Waals surface area contributed by atoms with Crippen molar-refractivity contribution < 1.29 is 0 Å². The van der Waals surface area contributed by atoms with Crippen LogP contribution in [0.4, 0.5) is 17.2 Å². The van der Waals surface area contributed by atoms with Crippen LogP contribution in [0.5, 0.6) is 0 Å². The third-order valence-corrected chi connectivity index (χ3v) is 7.22. The number of aromatic nitrogens is 2. The highest BCUT2D eigenvalue weighted by Crippen LogP contribution is 2.43. The van der Waals surface area contributed by atoms with Gasteiger partial charge < -0.3 is 21.3 Å². The zero-order valence-electron chi connectivity index (χ0n) is 19.3. The summed E-state index contributed by atoms with van der Waals surface area (Å²) in [4.78, 5) is 16.6. The SMILES string of the molecule is Nc1cncc(C2CC2)c1/C(=N\Cc1ccnc(Nc2ccccc2)c1)N1CC2CNCC2C1. The predicted octanol–water partition coefficient (Wildman–Crippen LogP) is 3.78. The number of benzene rings is 1. The molecule has 4 N–H and O–H groups in total. The highest BCUT2D eigenvalue weighted by atomic mass is 15.2. The smallest absolute Gasteiger partial charge is 0.133 e. The van der Waals surface area contributed by atoms with Gasteiger partial charge in [-0.1, -0.05) is 18.2 Å². The normalized spacial score (nSPS) is 22.1. The lowest BCUT2D eigenvalue weighted by molar-refractivity contribution is 0.466. The number of nitrogen functional groups attached to an aromatic ring is 1. The van der Waals surface area contributed by atoms with Crippen LogP contribution in [-0.2, 0) is 6.54 Å². The molecule has 1 saturated carbocycles. The Labute approximate surface area is 200 Å². The first-order valence-corrected chi connectivity index (χ1v) is 12.3. The van der Waals surface area contributed by atoms with E-state index < -0.39 is 0 Å². The molecule has 4 heterocycles. The lowest BCUT2D eigenvalue weighted by atomic mass is 10.0. The number of nitrogens with two attached hydrogens (primary N) is 1. The maximum Gasteiger partial charge on any atom is 0.133 e. The first-order chi connectivity index (χ1) is 16.7. The van der Waals surface area contributed by atoms with Gasteiger partial charge in [-0.2, -0.15) is 0 Å². The maximum absolute atomic E-state index is 6.55. The van der Waals surface area contributed by atoms with Crippen LogP contribution >= 0.6 is 0 Å². The zero-order chi connectivity index (χ0) is 22.9. The molecule has 2 saturated heterocycles. The van der Waals surface area contributed by atoms with E-state index in [9.17, 15) is 0 Å². The minimum absolute atomic E-state index is 0.558. The molecule has 3 aliphatic rings. The lowest BCUT2D eigenvalue weighted by Crippen LogP contribution is -2.34. The number of hydrogen-bond acceptors (Lipinski definition) is 6. The van der Waals surface area contributed by atoms with Gasteiger partial charge in [-0.15, -0.1) is 0 Å². The second-order valence-electron chi connectivity index (χ2n) is 9.73. The summed E-state index contributed by atoms with van der Waals surface area (Å²) in [5.74, 6) is 3.78. The summed E-state index contributed by atoms with van der Waals surface area (Å²) in [7, 11) is 0. The fraction of sp³-hybridized carbons (Fsp3) is 0.370. The third kappa shape index (κ3) is 4.35.